The maximum absolute atomic E-state index is 12.5. The zero-order valence-corrected chi connectivity index (χ0v) is 13.5. The van der Waals surface area contributed by atoms with Gasteiger partial charge in [-0.2, -0.15) is 0 Å². The van der Waals surface area contributed by atoms with Gasteiger partial charge in [-0.3, -0.25) is 19.7 Å². The van der Waals surface area contributed by atoms with E-state index in [0.717, 1.165) is 0 Å². The van der Waals surface area contributed by atoms with E-state index in [1.807, 2.05) is 0 Å². The first-order chi connectivity index (χ1) is 11.9. The Bertz CT molecular complexity index is 906. The van der Waals surface area contributed by atoms with Crippen LogP contribution in [0.3, 0.4) is 0 Å². The summed E-state index contributed by atoms with van der Waals surface area (Å²) in [5, 5.41) is 13.5. The fourth-order valence-electron chi connectivity index (χ4n) is 2.53. The number of fused-ring (bicyclic) bond motifs is 1. The predicted molar refractivity (Wildman–Crippen MR) is 88.4 cm³/mol. The van der Waals surface area contributed by atoms with E-state index in [1.54, 1.807) is 6.92 Å². The number of carbonyl (C=O) groups excluding carboxylic acids is 2. The van der Waals surface area contributed by atoms with Gasteiger partial charge in [-0.25, -0.2) is 0 Å². The lowest BCUT2D eigenvalue weighted by Crippen LogP contribution is -2.14. The largest absolute Gasteiger partial charge is 0.454 e. The van der Waals surface area contributed by atoms with Crippen LogP contribution in [-0.4, -0.2) is 23.4 Å². The number of benzene rings is 2. The van der Waals surface area contributed by atoms with Crippen LogP contribution in [0.5, 0.6) is 11.5 Å². The molecule has 1 aliphatic rings. The van der Waals surface area contributed by atoms with E-state index in [0.29, 0.717) is 17.1 Å². The van der Waals surface area contributed by atoms with Gasteiger partial charge in [0, 0.05) is 28.8 Å². The molecule has 1 amide bonds. The minimum atomic E-state index is -0.511. The fourth-order valence-corrected chi connectivity index (χ4v) is 2.53. The first-order valence-electron chi connectivity index (χ1n) is 7.38. The Kier molecular flexibility index (Phi) is 4.10. The highest BCUT2D eigenvalue weighted by Gasteiger charge is 2.21. The second-order valence-electron chi connectivity index (χ2n) is 5.52. The van der Waals surface area contributed by atoms with E-state index >= 15 is 0 Å². The highest BCUT2D eigenvalue weighted by Crippen LogP contribution is 2.37. The van der Waals surface area contributed by atoms with Gasteiger partial charge in [0.1, 0.15) is 0 Å². The number of ketones is 1. The Balaban J connectivity index is 1.92. The third-order valence-corrected chi connectivity index (χ3v) is 3.80. The van der Waals surface area contributed by atoms with Crippen molar-refractivity contribution in [3.63, 3.8) is 0 Å². The normalized spacial score (nSPS) is 11.9. The highest BCUT2D eigenvalue weighted by molar-refractivity contribution is 6.09. The molecule has 0 spiro atoms. The van der Waals surface area contributed by atoms with Gasteiger partial charge in [0.15, 0.2) is 17.3 Å². The Morgan fingerprint density at radius 1 is 1.16 bits per heavy atom. The van der Waals surface area contributed by atoms with Crippen molar-refractivity contribution in [1.82, 2.24) is 0 Å². The van der Waals surface area contributed by atoms with Crippen molar-refractivity contribution < 1.29 is 24.0 Å². The third kappa shape index (κ3) is 3.14. The number of nitro benzene ring substituents is 1. The van der Waals surface area contributed by atoms with Gasteiger partial charge in [-0.1, -0.05) is 0 Å². The second kappa shape index (κ2) is 6.23. The number of nitro groups is 1. The predicted octanol–water partition coefficient (Wildman–Crippen LogP) is 3.09. The number of nitrogens with zero attached hydrogens (tertiary/aromatic N) is 1. The number of carbonyl (C=O) groups is 2. The van der Waals surface area contributed by atoms with E-state index in [1.165, 1.54) is 37.3 Å². The third-order valence-electron chi connectivity index (χ3n) is 3.80. The number of anilines is 1. The molecule has 25 heavy (non-hydrogen) atoms. The van der Waals surface area contributed by atoms with Crippen LogP contribution in [0.25, 0.3) is 0 Å². The number of aryl methyl sites for hydroxylation is 1. The molecule has 0 radical (unpaired) electrons. The maximum atomic E-state index is 12.5. The highest BCUT2D eigenvalue weighted by atomic mass is 16.7. The van der Waals surface area contributed by atoms with E-state index < -0.39 is 10.8 Å². The SMILES string of the molecule is CC(=O)c1cc2c(cc1NC(=O)c1ccc([N+](=O)[O-])c(C)c1)OCO2. The molecule has 128 valence electrons. The molecule has 0 saturated carbocycles. The molecule has 2 aromatic carbocycles. The Morgan fingerprint density at radius 3 is 2.44 bits per heavy atom. The number of hydrogen-bond acceptors (Lipinski definition) is 6. The number of nitrogens with one attached hydrogen (secondary N) is 1. The van der Waals surface area contributed by atoms with Crippen molar-refractivity contribution in [2.24, 2.45) is 0 Å². The quantitative estimate of drug-likeness (QED) is 0.520. The van der Waals surface area contributed by atoms with E-state index in [-0.39, 0.29) is 35.1 Å². The lowest BCUT2D eigenvalue weighted by atomic mass is 10.1. The van der Waals surface area contributed by atoms with Gasteiger partial charge in [0.25, 0.3) is 11.6 Å². The second-order valence-corrected chi connectivity index (χ2v) is 5.52. The number of hydrogen-bond donors (Lipinski definition) is 1. The number of Topliss-reactive ketones (excluding diaryl/α,β-unsaturated/α-hetero) is 1. The summed E-state index contributed by atoms with van der Waals surface area (Å²) in [6.45, 7) is 2.98. The average molecular weight is 342 g/mol. The summed E-state index contributed by atoms with van der Waals surface area (Å²) in [5.41, 5.74) is 1.13. The topological polar surface area (TPSA) is 108 Å². The molecule has 3 rings (SSSR count). The first-order valence-corrected chi connectivity index (χ1v) is 7.38. The molecule has 1 N–H and O–H groups in total. The van der Waals surface area contributed by atoms with Crippen LogP contribution < -0.4 is 14.8 Å². The zero-order valence-electron chi connectivity index (χ0n) is 13.5. The zero-order chi connectivity index (χ0) is 18.1. The summed E-state index contributed by atoms with van der Waals surface area (Å²) >= 11 is 0. The van der Waals surface area contributed by atoms with Crippen molar-refractivity contribution in [3.8, 4) is 11.5 Å². The molecule has 8 nitrogen and oxygen atoms in total. The molecule has 0 fully saturated rings. The minimum absolute atomic E-state index is 0.0472. The van der Waals surface area contributed by atoms with Crippen molar-refractivity contribution in [3.05, 3.63) is 57.1 Å². The molecule has 2 aromatic rings. The molecule has 0 unspecified atom stereocenters. The minimum Gasteiger partial charge on any atom is -0.454 e. The molecule has 0 atom stereocenters. The summed E-state index contributed by atoms with van der Waals surface area (Å²) in [7, 11) is 0. The lowest BCUT2D eigenvalue weighted by molar-refractivity contribution is -0.385. The summed E-state index contributed by atoms with van der Waals surface area (Å²) in [4.78, 5) is 34.6. The molecular weight excluding hydrogens is 328 g/mol. The van der Waals surface area contributed by atoms with Crippen LogP contribution in [0.4, 0.5) is 11.4 Å². The maximum Gasteiger partial charge on any atom is 0.272 e. The molecule has 0 aromatic heterocycles. The van der Waals surface area contributed by atoms with Crippen molar-refractivity contribution >= 4 is 23.1 Å². The van der Waals surface area contributed by atoms with Crippen molar-refractivity contribution in [1.29, 1.82) is 0 Å². The Labute approximate surface area is 142 Å². The molecule has 0 bridgehead atoms. The van der Waals surface area contributed by atoms with Crippen LogP contribution in [0.1, 0.15) is 33.2 Å². The molecule has 1 aliphatic heterocycles. The number of rotatable bonds is 4. The molecule has 0 aliphatic carbocycles. The van der Waals surface area contributed by atoms with Crippen LogP contribution in [0.2, 0.25) is 0 Å². The monoisotopic (exact) mass is 342 g/mol. The summed E-state index contributed by atoms with van der Waals surface area (Å²) in [5.74, 6) is 0.141. The average Bonchev–Trinajstić information content (AvgIpc) is 3.00. The van der Waals surface area contributed by atoms with Gasteiger partial charge < -0.3 is 14.8 Å². The van der Waals surface area contributed by atoms with E-state index in [9.17, 15) is 19.7 Å². The first kappa shape index (κ1) is 16.4. The molecule has 8 heteroatoms. The van der Waals surface area contributed by atoms with Gasteiger partial charge in [0.05, 0.1) is 10.6 Å². The number of amides is 1. The van der Waals surface area contributed by atoms with Crippen LogP contribution >= 0.6 is 0 Å². The van der Waals surface area contributed by atoms with Crippen LogP contribution in [0, 0.1) is 17.0 Å². The summed E-state index contributed by atoms with van der Waals surface area (Å²) in [6, 6.07) is 7.10. The van der Waals surface area contributed by atoms with Crippen molar-refractivity contribution in [2.45, 2.75) is 13.8 Å². The Hall–Kier alpha value is -3.42. The van der Waals surface area contributed by atoms with Gasteiger partial charge in [-0.05, 0) is 32.0 Å². The van der Waals surface area contributed by atoms with Gasteiger partial charge in [-0.15, -0.1) is 0 Å². The standard InChI is InChI=1S/C17H14N2O6/c1-9-5-11(3-4-14(9)19(22)23)17(21)18-13-7-16-15(24-8-25-16)6-12(13)10(2)20/h3-7H,8H2,1-2H3,(H,18,21). The lowest BCUT2D eigenvalue weighted by Gasteiger charge is -2.11. The smallest absolute Gasteiger partial charge is 0.272 e. The fraction of sp³-hybridized carbons (Fsp3) is 0.176. The van der Waals surface area contributed by atoms with Crippen LogP contribution in [0.15, 0.2) is 30.3 Å². The van der Waals surface area contributed by atoms with Gasteiger partial charge >= 0.3 is 0 Å². The molecule has 0 saturated heterocycles. The van der Waals surface area contributed by atoms with Gasteiger partial charge in [0.2, 0.25) is 6.79 Å². The van der Waals surface area contributed by atoms with Crippen molar-refractivity contribution in [2.75, 3.05) is 12.1 Å². The molecular formula is C17H14N2O6. The van der Waals surface area contributed by atoms with E-state index in [4.69, 9.17) is 9.47 Å². The Morgan fingerprint density at radius 2 is 1.84 bits per heavy atom. The summed E-state index contributed by atoms with van der Waals surface area (Å²) < 4.78 is 10.5. The van der Waals surface area contributed by atoms with E-state index in [2.05, 4.69) is 5.32 Å². The number of ether oxygens (including phenoxy) is 2. The molecule has 1 heterocycles. The summed E-state index contributed by atoms with van der Waals surface area (Å²) in [6.07, 6.45) is 0. The van der Waals surface area contributed by atoms with Crippen LogP contribution in [-0.2, 0) is 0 Å².